The predicted octanol–water partition coefficient (Wildman–Crippen LogP) is 1.12. The van der Waals surface area contributed by atoms with Crippen molar-refractivity contribution in [3.05, 3.63) is 24.0 Å². The predicted molar refractivity (Wildman–Crippen MR) is 58.7 cm³/mol. The van der Waals surface area contributed by atoms with Crippen LogP contribution in [-0.4, -0.2) is 30.3 Å². The first-order valence-corrected chi connectivity index (χ1v) is 6.47. The van der Waals surface area contributed by atoms with Crippen LogP contribution >= 0.6 is 0 Å². The van der Waals surface area contributed by atoms with Crippen LogP contribution in [0.15, 0.2) is 18.3 Å². The van der Waals surface area contributed by atoms with Crippen molar-refractivity contribution in [1.82, 2.24) is 4.57 Å². The number of aldehydes is 1. The van der Waals surface area contributed by atoms with E-state index in [4.69, 9.17) is 0 Å². The van der Waals surface area contributed by atoms with Crippen molar-refractivity contribution in [2.24, 2.45) is 0 Å². The van der Waals surface area contributed by atoms with Gasteiger partial charge in [-0.1, -0.05) is 0 Å². The first kappa shape index (κ1) is 12.0. The van der Waals surface area contributed by atoms with Crippen LogP contribution in [0.3, 0.4) is 0 Å². The summed E-state index contributed by atoms with van der Waals surface area (Å²) >= 11 is 0. The van der Waals surface area contributed by atoms with Gasteiger partial charge in [0.05, 0.1) is 10.4 Å². The maximum absolute atomic E-state index is 11.5. The molecule has 4 nitrogen and oxygen atoms in total. The Labute approximate surface area is 89.8 Å². The third kappa shape index (κ3) is 2.47. The Balaban J connectivity index is 3.01. The van der Waals surface area contributed by atoms with Crippen molar-refractivity contribution in [1.29, 1.82) is 0 Å². The molecule has 0 spiro atoms. The van der Waals surface area contributed by atoms with E-state index in [9.17, 15) is 13.2 Å². The summed E-state index contributed by atoms with van der Waals surface area (Å²) in [6.45, 7) is 3.58. The summed E-state index contributed by atoms with van der Waals surface area (Å²) in [6, 6.07) is 3.38. The molecule has 0 aliphatic carbocycles. The second-order valence-electron chi connectivity index (χ2n) is 4.21. The summed E-state index contributed by atoms with van der Waals surface area (Å²) in [7, 11) is -3.14. The van der Waals surface area contributed by atoms with Crippen LogP contribution in [0.25, 0.3) is 0 Å². The molecule has 0 amide bonds. The number of carbonyl (C=O) groups is 1. The highest BCUT2D eigenvalue weighted by atomic mass is 32.2. The van der Waals surface area contributed by atoms with Gasteiger partial charge in [0, 0.05) is 19.0 Å². The summed E-state index contributed by atoms with van der Waals surface area (Å²) in [5, 5.41) is 0. The molecule has 0 saturated heterocycles. The molecule has 1 aromatic rings. The minimum absolute atomic E-state index is 0.285. The van der Waals surface area contributed by atoms with E-state index in [1.807, 2.05) is 0 Å². The molecule has 1 rings (SSSR count). The zero-order valence-electron chi connectivity index (χ0n) is 9.10. The largest absolute Gasteiger partial charge is 0.344 e. The molecule has 0 aliphatic rings. The van der Waals surface area contributed by atoms with Gasteiger partial charge in [0.2, 0.25) is 0 Å². The van der Waals surface area contributed by atoms with E-state index in [-0.39, 0.29) is 6.54 Å². The molecule has 0 N–H and O–H groups in total. The summed E-state index contributed by atoms with van der Waals surface area (Å²) in [5.41, 5.74) is 0.492. The fourth-order valence-electron chi connectivity index (χ4n) is 1.21. The van der Waals surface area contributed by atoms with Crippen molar-refractivity contribution in [2.45, 2.75) is 25.1 Å². The van der Waals surface area contributed by atoms with E-state index >= 15 is 0 Å². The number of hydrogen-bond acceptors (Lipinski definition) is 3. The van der Waals surface area contributed by atoms with Crippen LogP contribution in [0.2, 0.25) is 0 Å². The first-order valence-electron chi connectivity index (χ1n) is 4.58. The van der Waals surface area contributed by atoms with E-state index in [1.165, 1.54) is 6.26 Å². The number of nitrogens with zero attached hydrogens (tertiary/aromatic N) is 1. The minimum atomic E-state index is -3.14. The third-order valence-electron chi connectivity index (χ3n) is 2.54. The van der Waals surface area contributed by atoms with Gasteiger partial charge in [0.15, 0.2) is 16.1 Å². The molecular weight excluding hydrogens is 214 g/mol. The van der Waals surface area contributed by atoms with Gasteiger partial charge in [0.25, 0.3) is 0 Å². The molecule has 15 heavy (non-hydrogen) atoms. The van der Waals surface area contributed by atoms with E-state index in [0.29, 0.717) is 5.69 Å². The second-order valence-corrected chi connectivity index (χ2v) is 6.86. The van der Waals surface area contributed by atoms with Crippen LogP contribution in [0.5, 0.6) is 0 Å². The van der Waals surface area contributed by atoms with Crippen molar-refractivity contribution in [2.75, 3.05) is 6.26 Å². The molecule has 5 heteroatoms. The second kappa shape index (κ2) is 3.81. The highest BCUT2D eigenvalue weighted by Crippen LogP contribution is 2.18. The van der Waals surface area contributed by atoms with Crippen molar-refractivity contribution in [3.63, 3.8) is 0 Å². The van der Waals surface area contributed by atoms with Crippen molar-refractivity contribution < 1.29 is 13.2 Å². The van der Waals surface area contributed by atoms with Gasteiger partial charge in [-0.3, -0.25) is 4.79 Å². The molecule has 0 aliphatic heterocycles. The molecule has 0 radical (unpaired) electrons. The van der Waals surface area contributed by atoms with Gasteiger partial charge in [-0.2, -0.15) is 0 Å². The molecule has 0 saturated carbocycles. The lowest BCUT2D eigenvalue weighted by molar-refractivity contribution is 0.111. The topological polar surface area (TPSA) is 56.1 Å². The van der Waals surface area contributed by atoms with E-state index < -0.39 is 14.6 Å². The van der Waals surface area contributed by atoms with Crippen LogP contribution in [0, 0.1) is 0 Å². The van der Waals surface area contributed by atoms with Crippen molar-refractivity contribution in [3.8, 4) is 0 Å². The van der Waals surface area contributed by atoms with Crippen LogP contribution in [-0.2, 0) is 16.4 Å². The summed E-state index contributed by atoms with van der Waals surface area (Å²) in [6.07, 6.45) is 3.63. The molecule has 1 aromatic heterocycles. The smallest absolute Gasteiger partial charge is 0.166 e. The maximum atomic E-state index is 11.5. The number of carbonyl (C=O) groups excluding carboxylic acids is 1. The standard InChI is InChI=1S/C10H15NO3S/c1-10(2,15(3,13)14)8-11-6-4-5-9(11)7-12/h4-7H,8H2,1-3H3. The van der Waals surface area contributed by atoms with E-state index in [2.05, 4.69) is 0 Å². The first-order chi connectivity index (χ1) is 6.78. The summed E-state index contributed by atoms with van der Waals surface area (Å²) in [4.78, 5) is 10.7. The average Bonchev–Trinajstić information content (AvgIpc) is 2.48. The van der Waals surface area contributed by atoms with Crippen LogP contribution < -0.4 is 0 Å². The van der Waals surface area contributed by atoms with E-state index in [1.54, 1.807) is 36.7 Å². The van der Waals surface area contributed by atoms with Gasteiger partial charge in [-0.05, 0) is 26.0 Å². The average molecular weight is 229 g/mol. The van der Waals surface area contributed by atoms with Gasteiger partial charge in [-0.15, -0.1) is 0 Å². The highest BCUT2D eigenvalue weighted by molar-refractivity contribution is 7.92. The Morgan fingerprint density at radius 2 is 2.07 bits per heavy atom. The summed E-state index contributed by atoms with van der Waals surface area (Å²) in [5.74, 6) is 0. The minimum Gasteiger partial charge on any atom is -0.344 e. The van der Waals surface area contributed by atoms with E-state index in [0.717, 1.165) is 6.29 Å². The lowest BCUT2D eigenvalue weighted by Gasteiger charge is -2.23. The SMILES string of the molecule is CC(C)(Cn1cccc1C=O)S(C)(=O)=O. The fraction of sp³-hybridized carbons (Fsp3) is 0.500. The number of hydrogen-bond donors (Lipinski definition) is 0. The molecule has 0 bridgehead atoms. The van der Waals surface area contributed by atoms with Gasteiger partial charge in [0.1, 0.15) is 0 Å². The number of sulfone groups is 1. The molecule has 1 heterocycles. The Kier molecular flexibility index (Phi) is 3.04. The lowest BCUT2D eigenvalue weighted by Crippen LogP contribution is -2.36. The molecule has 0 aromatic carbocycles. The van der Waals surface area contributed by atoms with Gasteiger partial charge >= 0.3 is 0 Å². The zero-order valence-corrected chi connectivity index (χ0v) is 9.91. The zero-order chi connectivity index (χ0) is 11.7. The molecular formula is C10H15NO3S. The normalized spacial score (nSPS) is 12.7. The van der Waals surface area contributed by atoms with Gasteiger partial charge < -0.3 is 4.57 Å². The molecule has 0 unspecified atom stereocenters. The maximum Gasteiger partial charge on any atom is 0.166 e. The van der Waals surface area contributed by atoms with Crippen LogP contribution in [0.4, 0.5) is 0 Å². The quantitative estimate of drug-likeness (QED) is 0.727. The highest BCUT2D eigenvalue weighted by Gasteiger charge is 2.30. The Morgan fingerprint density at radius 1 is 1.47 bits per heavy atom. The monoisotopic (exact) mass is 229 g/mol. The third-order valence-corrected chi connectivity index (χ3v) is 4.68. The van der Waals surface area contributed by atoms with Crippen LogP contribution in [0.1, 0.15) is 24.3 Å². The molecule has 84 valence electrons. The Hall–Kier alpha value is -1.10. The number of aromatic nitrogens is 1. The number of rotatable bonds is 4. The summed E-state index contributed by atoms with van der Waals surface area (Å²) < 4.78 is 23.7. The Bertz CT molecular complexity index is 457. The molecule has 0 fully saturated rings. The molecule has 0 atom stereocenters. The Morgan fingerprint density at radius 3 is 2.53 bits per heavy atom. The van der Waals surface area contributed by atoms with Crippen molar-refractivity contribution >= 4 is 16.1 Å². The fourth-order valence-corrected chi connectivity index (χ4v) is 1.58. The lowest BCUT2D eigenvalue weighted by atomic mass is 10.2. The van der Waals surface area contributed by atoms with Gasteiger partial charge in [-0.25, -0.2) is 8.42 Å².